The van der Waals surface area contributed by atoms with Crippen LogP contribution in [0, 0.1) is 0 Å². The number of carbonyl (C=O) groups is 1. The number of ether oxygens (including phenoxy) is 1. The quantitative estimate of drug-likeness (QED) is 0.802. The van der Waals surface area contributed by atoms with Gasteiger partial charge in [-0.25, -0.2) is 8.42 Å². The highest BCUT2D eigenvalue weighted by Gasteiger charge is 2.27. The first-order valence-electron chi connectivity index (χ1n) is 6.28. The summed E-state index contributed by atoms with van der Waals surface area (Å²) in [4.78, 5) is 13.9. The number of benzene rings is 1. The summed E-state index contributed by atoms with van der Waals surface area (Å²) in [6, 6.07) is 4.44. The standard InChI is InChI=1S/C13H16ClNO4S/c1-9-4-3-7-15(9)13(16)10-5-6-11(19-2)12(8-10)20(14,17)18/h5-6,8-9H,3-4,7H2,1-2H3. The Balaban J connectivity index is 2.41. The van der Waals surface area contributed by atoms with E-state index in [4.69, 9.17) is 15.4 Å². The first-order chi connectivity index (χ1) is 9.34. The van der Waals surface area contributed by atoms with Crippen LogP contribution in [0.1, 0.15) is 30.1 Å². The van der Waals surface area contributed by atoms with E-state index in [0.29, 0.717) is 12.1 Å². The van der Waals surface area contributed by atoms with Crippen molar-refractivity contribution in [3.63, 3.8) is 0 Å². The summed E-state index contributed by atoms with van der Waals surface area (Å²) in [6.45, 7) is 2.67. The lowest BCUT2D eigenvalue weighted by Crippen LogP contribution is -2.33. The SMILES string of the molecule is COc1ccc(C(=O)N2CCCC2C)cc1S(=O)(=O)Cl. The van der Waals surface area contributed by atoms with Crippen LogP contribution in [-0.4, -0.2) is 38.9 Å². The highest BCUT2D eigenvalue weighted by atomic mass is 35.7. The first kappa shape index (κ1) is 15.1. The molecule has 0 bridgehead atoms. The number of rotatable bonds is 3. The zero-order valence-electron chi connectivity index (χ0n) is 11.3. The van der Waals surface area contributed by atoms with Crippen LogP contribution in [-0.2, 0) is 9.05 Å². The smallest absolute Gasteiger partial charge is 0.265 e. The van der Waals surface area contributed by atoms with Gasteiger partial charge >= 0.3 is 0 Å². The van der Waals surface area contributed by atoms with Crippen molar-refractivity contribution >= 4 is 25.6 Å². The number of halogens is 1. The lowest BCUT2D eigenvalue weighted by atomic mass is 10.1. The topological polar surface area (TPSA) is 63.7 Å². The molecule has 20 heavy (non-hydrogen) atoms. The van der Waals surface area contributed by atoms with Crippen LogP contribution >= 0.6 is 10.7 Å². The minimum absolute atomic E-state index is 0.131. The van der Waals surface area contributed by atoms with Gasteiger partial charge in [0.15, 0.2) is 0 Å². The highest BCUT2D eigenvalue weighted by molar-refractivity contribution is 8.13. The fourth-order valence-electron chi connectivity index (χ4n) is 2.40. The van der Waals surface area contributed by atoms with Crippen LogP contribution in [0.15, 0.2) is 23.1 Å². The fourth-order valence-corrected chi connectivity index (χ4v) is 3.42. The largest absolute Gasteiger partial charge is 0.495 e. The van der Waals surface area contributed by atoms with Gasteiger partial charge in [0, 0.05) is 28.8 Å². The van der Waals surface area contributed by atoms with Crippen LogP contribution < -0.4 is 4.74 Å². The van der Waals surface area contributed by atoms with Crippen LogP contribution in [0.2, 0.25) is 0 Å². The van der Waals surface area contributed by atoms with Crippen molar-refractivity contribution in [3.05, 3.63) is 23.8 Å². The average molecular weight is 318 g/mol. The summed E-state index contributed by atoms with van der Waals surface area (Å²) < 4.78 is 28.0. The van der Waals surface area contributed by atoms with Gasteiger partial charge in [-0.3, -0.25) is 4.79 Å². The molecule has 5 nitrogen and oxygen atoms in total. The lowest BCUT2D eigenvalue weighted by Gasteiger charge is -2.21. The molecule has 2 rings (SSSR count). The third-order valence-electron chi connectivity index (χ3n) is 3.49. The maximum atomic E-state index is 12.4. The molecule has 0 spiro atoms. The number of methoxy groups -OCH3 is 1. The minimum atomic E-state index is -3.96. The molecule has 1 saturated heterocycles. The van der Waals surface area contributed by atoms with Gasteiger partial charge in [0.1, 0.15) is 10.6 Å². The van der Waals surface area contributed by atoms with E-state index in [1.54, 1.807) is 11.0 Å². The Morgan fingerprint density at radius 3 is 2.65 bits per heavy atom. The van der Waals surface area contributed by atoms with Crippen molar-refractivity contribution < 1.29 is 17.9 Å². The summed E-state index contributed by atoms with van der Waals surface area (Å²) in [6.07, 6.45) is 1.92. The molecule has 1 aromatic carbocycles. The van der Waals surface area contributed by atoms with E-state index in [2.05, 4.69) is 0 Å². The summed E-state index contributed by atoms with van der Waals surface area (Å²) in [5.41, 5.74) is 0.304. The second kappa shape index (κ2) is 5.61. The van der Waals surface area contributed by atoms with Crippen LogP contribution in [0.3, 0.4) is 0 Å². The van der Waals surface area contributed by atoms with Crippen molar-refractivity contribution in [2.24, 2.45) is 0 Å². The number of nitrogens with zero attached hydrogens (tertiary/aromatic N) is 1. The predicted octanol–water partition coefficient (Wildman–Crippen LogP) is 2.25. The molecule has 0 aromatic heterocycles. The zero-order valence-corrected chi connectivity index (χ0v) is 12.9. The second-order valence-electron chi connectivity index (χ2n) is 4.79. The predicted molar refractivity (Wildman–Crippen MR) is 75.8 cm³/mol. The molecule has 1 aromatic rings. The Morgan fingerprint density at radius 2 is 2.15 bits per heavy atom. The van der Waals surface area contributed by atoms with E-state index in [9.17, 15) is 13.2 Å². The van der Waals surface area contributed by atoms with Crippen LogP contribution in [0.4, 0.5) is 0 Å². The molecule has 0 saturated carbocycles. The number of likely N-dealkylation sites (tertiary alicyclic amines) is 1. The van der Waals surface area contributed by atoms with Crippen LogP contribution in [0.5, 0.6) is 5.75 Å². The number of hydrogen-bond acceptors (Lipinski definition) is 4. The molecular weight excluding hydrogens is 302 g/mol. The van der Waals surface area contributed by atoms with Gasteiger partial charge in [0.05, 0.1) is 7.11 Å². The molecule has 0 N–H and O–H groups in total. The molecule has 1 unspecified atom stereocenters. The molecule has 110 valence electrons. The minimum Gasteiger partial charge on any atom is -0.495 e. The lowest BCUT2D eigenvalue weighted by molar-refractivity contribution is 0.0747. The van der Waals surface area contributed by atoms with Gasteiger partial charge in [-0.2, -0.15) is 0 Å². The van der Waals surface area contributed by atoms with E-state index in [1.165, 1.54) is 19.2 Å². The molecule has 1 heterocycles. The first-order valence-corrected chi connectivity index (χ1v) is 8.59. The Labute approximate surface area is 122 Å². The van der Waals surface area contributed by atoms with Gasteiger partial charge in [0.25, 0.3) is 15.0 Å². The Morgan fingerprint density at radius 1 is 1.45 bits per heavy atom. The van der Waals surface area contributed by atoms with Crippen molar-refractivity contribution in [1.82, 2.24) is 4.90 Å². The van der Waals surface area contributed by atoms with E-state index in [1.807, 2.05) is 6.92 Å². The van der Waals surface area contributed by atoms with Gasteiger partial charge < -0.3 is 9.64 Å². The van der Waals surface area contributed by atoms with Gasteiger partial charge in [0.2, 0.25) is 0 Å². The molecular formula is C13H16ClNO4S. The maximum absolute atomic E-state index is 12.4. The molecule has 1 amide bonds. The number of hydrogen-bond donors (Lipinski definition) is 0. The van der Waals surface area contributed by atoms with E-state index in [-0.39, 0.29) is 22.6 Å². The molecule has 1 atom stereocenters. The summed E-state index contributed by atoms with van der Waals surface area (Å²) in [5.74, 6) is -0.0507. The number of carbonyl (C=O) groups excluding carboxylic acids is 1. The van der Waals surface area contributed by atoms with Crippen LogP contribution in [0.25, 0.3) is 0 Å². The van der Waals surface area contributed by atoms with Gasteiger partial charge in [-0.05, 0) is 38.0 Å². The monoisotopic (exact) mass is 317 g/mol. The van der Waals surface area contributed by atoms with E-state index in [0.717, 1.165) is 12.8 Å². The summed E-state index contributed by atoms with van der Waals surface area (Å²) in [5, 5.41) is 0. The van der Waals surface area contributed by atoms with Crippen molar-refractivity contribution in [3.8, 4) is 5.75 Å². The highest BCUT2D eigenvalue weighted by Crippen LogP contribution is 2.29. The Kier molecular flexibility index (Phi) is 4.25. The fraction of sp³-hybridized carbons (Fsp3) is 0.462. The third kappa shape index (κ3) is 2.91. The van der Waals surface area contributed by atoms with Crippen molar-refractivity contribution in [1.29, 1.82) is 0 Å². The number of amides is 1. The van der Waals surface area contributed by atoms with E-state index < -0.39 is 9.05 Å². The molecule has 0 radical (unpaired) electrons. The average Bonchev–Trinajstić information content (AvgIpc) is 2.82. The van der Waals surface area contributed by atoms with Gasteiger partial charge in [-0.1, -0.05) is 0 Å². The summed E-state index contributed by atoms with van der Waals surface area (Å²) >= 11 is 0. The van der Waals surface area contributed by atoms with Crippen molar-refractivity contribution in [2.45, 2.75) is 30.7 Å². The normalized spacial score (nSPS) is 19.1. The zero-order chi connectivity index (χ0) is 14.9. The molecule has 1 aliphatic rings. The van der Waals surface area contributed by atoms with Gasteiger partial charge in [-0.15, -0.1) is 0 Å². The molecule has 1 aliphatic heterocycles. The van der Waals surface area contributed by atoms with Crippen molar-refractivity contribution in [2.75, 3.05) is 13.7 Å². The Hall–Kier alpha value is -1.27. The Bertz CT molecular complexity index is 629. The third-order valence-corrected chi connectivity index (χ3v) is 4.83. The second-order valence-corrected chi connectivity index (χ2v) is 7.33. The summed E-state index contributed by atoms with van der Waals surface area (Å²) in [7, 11) is 2.76. The molecule has 0 aliphatic carbocycles. The molecule has 7 heteroatoms. The molecule has 1 fully saturated rings. The van der Waals surface area contributed by atoms with E-state index >= 15 is 0 Å². The maximum Gasteiger partial charge on any atom is 0.265 e.